The van der Waals surface area contributed by atoms with Crippen molar-refractivity contribution in [1.29, 1.82) is 0 Å². The van der Waals surface area contributed by atoms with Crippen LogP contribution in [-0.4, -0.2) is 24.1 Å². The maximum absolute atomic E-state index is 5.91. The van der Waals surface area contributed by atoms with Gasteiger partial charge in [-0.05, 0) is 57.4 Å². The van der Waals surface area contributed by atoms with Gasteiger partial charge < -0.3 is 10.5 Å². The van der Waals surface area contributed by atoms with Crippen LogP contribution >= 0.6 is 0 Å². The van der Waals surface area contributed by atoms with E-state index in [4.69, 9.17) is 10.5 Å². The van der Waals surface area contributed by atoms with Gasteiger partial charge >= 0.3 is 0 Å². The van der Waals surface area contributed by atoms with E-state index in [0.717, 1.165) is 23.9 Å². The Bertz CT molecular complexity index is 419. The quantitative estimate of drug-likeness (QED) is 0.846. The van der Waals surface area contributed by atoms with Crippen LogP contribution in [-0.2, 0) is 6.54 Å². The zero-order valence-corrected chi connectivity index (χ0v) is 12.4. The van der Waals surface area contributed by atoms with Gasteiger partial charge in [0, 0.05) is 23.8 Å². The van der Waals surface area contributed by atoms with Crippen molar-refractivity contribution in [1.82, 2.24) is 4.90 Å². The van der Waals surface area contributed by atoms with Gasteiger partial charge in [0.2, 0.25) is 0 Å². The molecule has 19 heavy (non-hydrogen) atoms. The topological polar surface area (TPSA) is 38.5 Å². The third-order valence-electron chi connectivity index (χ3n) is 4.03. The first kappa shape index (κ1) is 14.2. The van der Waals surface area contributed by atoms with Crippen LogP contribution in [0, 0.1) is 5.92 Å². The van der Waals surface area contributed by atoms with Gasteiger partial charge in [-0.25, -0.2) is 0 Å². The molecule has 0 radical (unpaired) electrons. The maximum Gasteiger partial charge on any atom is 0.123 e. The van der Waals surface area contributed by atoms with Crippen molar-refractivity contribution in [3.05, 3.63) is 23.8 Å². The predicted octanol–water partition coefficient (Wildman–Crippen LogP) is 3.29. The van der Waals surface area contributed by atoms with Crippen molar-refractivity contribution < 1.29 is 4.74 Å². The maximum atomic E-state index is 5.91. The summed E-state index contributed by atoms with van der Waals surface area (Å²) < 4.78 is 5.71. The minimum Gasteiger partial charge on any atom is -0.494 e. The van der Waals surface area contributed by atoms with E-state index in [1.165, 1.54) is 24.9 Å². The Morgan fingerprint density at radius 3 is 2.84 bits per heavy atom. The van der Waals surface area contributed by atoms with E-state index in [9.17, 15) is 0 Å². The largest absolute Gasteiger partial charge is 0.494 e. The molecular weight excluding hydrogens is 236 g/mol. The molecule has 0 amide bonds. The number of nitrogen functional groups attached to an aromatic ring is 1. The molecule has 0 aromatic heterocycles. The zero-order chi connectivity index (χ0) is 13.8. The molecule has 1 fully saturated rings. The summed E-state index contributed by atoms with van der Waals surface area (Å²) in [7, 11) is 0. The number of hydrogen-bond donors (Lipinski definition) is 1. The van der Waals surface area contributed by atoms with Gasteiger partial charge in [-0.3, -0.25) is 4.90 Å². The van der Waals surface area contributed by atoms with Crippen LogP contribution in [0.3, 0.4) is 0 Å². The van der Waals surface area contributed by atoms with E-state index in [2.05, 4.69) is 24.8 Å². The average molecular weight is 262 g/mol. The lowest BCUT2D eigenvalue weighted by Gasteiger charge is -2.36. The summed E-state index contributed by atoms with van der Waals surface area (Å²) in [6.07, 6.45) is 2.57. The number of benzene rings is 1. The molecule has 2 atom stereocenters. The first-order chi connectivity index (χ1) is 9.10. The Kier molecular flexibility index (Phi) is 4.70. The number of ether oxygens (including phenoxy) is 1. The smallest absolute Gasteiger partial charge is 0.123 e. The standard InChI is InChI=1S/C16H26N2O/c1-4-19-16-6-5-15(17)10-14(16)11-18-8-7-12(2)9-13(18)3/h5-6,10,12-13H,4,7-9,11,17H2,1-3H3. The summed E-state index contributed by atoms with van der Waals surface area (Å²) in [6, 6.07) is 6.59. The number of rotatable bonds is 4. The summed E-state index contributed by atoms with van der Waals surface area (Å²) >= 11 is 0. The minimum absolute atomic E-state index is 0.639. The third-order valence-corrected chi connectivity index (χ3v) is 4.03. The van der Waals surface area contributed by atoms with Gasteiger partial charge in [0.05, 0.1) is 6.61 Å². The van der Waals surface area contributed by atoms with Crippen molar-refractivity contribution in [3.63, 3.8) is 0 Å². The zero-order valence-electron chi connectivity index (χ0n) is 12.4. The molecule has 1 aromatic carbocycles. The molecule has 1 aliphatic heterocycles. The fourth-order valence-electron chi connectivity index (χ4n) is 2.93. The van der Waals surface area contributed by atoms with Gasteiger partial charge in [0.15, 0.2) is 0 Å². The normalized spacial score (nSPS) is 24.4. The summed E-state index contributed by atoms with van der Waals surface area (Å²) in [4.78, 5) is 2.54. The highest BCUT2D eigenvalue weighted by Crippen LogP contribution is 2.28. The second-order valence-corrected chi connectivity index (χ2v) is 5.75. The molecule has 1 aliphatic rings. The van der Waals surface area contributed by atoms with Crippen molar-refractivity contribution >= 4 is 5.69 Å². The van der Waals surface area contributed by atoms with Crippen molar-refractivity contribution in [2.75, 3.05) is 18.9 Å². The van der Waals surface area contributed by atoms with Gasteiger partial charge in [0.1, 0.15) is 5.75 Å². The summed E-state index contributed by atoms with van der Waals surface area (Å²) in [5.41, 5.74) is 7.94. The highest BCUT2D eigenvalue weighted by molar-refractivity contribution is 5.47. The van der Waals surface area contributed by atoms with Crippen molar-refractivity contribution in [3.8, 4) is 5.75 Å². The van der Waals surface area contributed by atoms with Gasteiger partial charge in [-0.1, -0.05) is 6.92 Å². The van der Waals surface area contributed by atoms with Crippen LogP contribution in [0.25, 0.3) is 0 Å². The molecule has 106 valence electrons. The molecule has 0 saturated carbocycles. The fourth-order valence-corrected chi connectivity index (χ4v) is 2.93. The van der Waals surface area contributed by atoms with Gasteiger partial charge in [-0.15, -0.1) is 0 Å². The Morgan fingerprint density at radius 1 is 1.37 bits per heavy atom. The monoisotopic (exact) mass is 262 g/mol. The summed E-state index contributed by atoms with van der Waals surface area (Å²) in [6.45, 7) is 9.49. The molecule has 2 N–H and O–H groups in total. The molecule has 0 spiro atoms. The van der Waals surface area contributed by atoms with E-state index < -0.39 is 0 Å². The van der Waals surface area contributed by atoms with Crippen LogP contribution in [0.5, 0.6) is 5.75 Å². The second-order valence-electron chi connectivity index (χ2n) is 5.75. The van der Waals surface area contributed by atoms with Gasteiger partial charge in [-0.2, -0.15) is 0 Å². The summed E-state index contributed by atoms with van der Waals surface area (Å²) in [5.74, 6) is 1.82. The number of nitrogens with zero attached hydrogens (tertiary/aromatic N) is 1. The molecule has 0 aliphatic carbocycles. The Hall–Kier alpha value is -1.22. The molecule has 1 saturated heterocycles. The molecule has 2 rings (SSSR count). The van der Waals surface area contributed by atoms with Crippen molar-refractivity contribution in [2.45, 2.75) is 46.2 Å². The second kappa shape index (κ2) is 6.29. The number of likely N-dealkylation sites (tertiary alicyclic amines) is 1. The van der Waals surface area contributed by atoms with E-state index in [0.29, 0.717) is 12.6 Å². The lowest BCUT2D eigenvalue weighted by atomic mass is 9.93. The average Bonchev–Trinajstić information content (AvgIpc) is 2.36. The SMILES string of the molecule is CCOc1ccc(N)cc1CN1CCC(C)CC1C. The highest BCUT2D eigenvalue weighted by atomic mass is 16.5. The van der Waals surface area contributed by atoms with E-state index in [1.54, 1.807) is 0 Å². The minimum atomic E-state index is 0.639. The van der Waals surface area contributed by atoms with Crippen LogP contribution in [0.4, 0.5) is 5.69 Å². The molecule has 3 nitrogen and oxygen atoms in total. The van der Waals surface area contributed by atoms with E-state index in [1.807, 2.05) is 19.1 Å². The fraction of sp³-hybridized carbons (Fsp3) is 0.625. The van der Waals surface area contributed by atoms with Crippen LogP contribution in [0.1, 0.15) is 39.2 Å². The molecular formula is C16H26N2O. The van der Waals surface area contributed by atoms with Gasteiger partial charge in [0.25, 0.3) is 0 Å². The van der Waals surface area contributed by atoms with Crippen LogP contribution in [0.2, 0.25) is 0 Å². The molecule has 1 heterocycles. The number of hydrogen-bond acceptors (Lipinski definition) is 3. The first-order valence-electron chi connectivity index (χ1n) is 7.35. The highest BCUT2D eigenvalue weighted by Gasteiger charge is 2.23. The molecule has 2 unspecified atom stereocenters. The molecule has 1 aromatic rings. The Labute approximate surface area is 116 Å². The van der Waals surface area contributed by atoms with Crippen LogP contribution < -0.4 is 10.5 Å². The third kappa shape index (κ3) is 3.63. The van der Waals surface area contributed by atoms with E-state index >= 15 is 0 Å². The first-order valence-corrected chi connectivity index (χ1v) is 7.35. The van der Waals surface area contributed by atoms with Crippen molar-refractivity contribution in [2.24, 2.45) is 5.92 Å². The number of anilines is 1. The lowest BCUT2D eigenvalue weighted by molar-refractivity contribution is 0.121. The molecule has 3 heteroatoms. The predicted molar refractivity (Wildman–Crippen MR) is 80.3 cm³/mol. The van der Waals surface area contributed by atoms with Crippen LogP contribution in [0.15, 0.2) is 18.2 Å². The Balaban J connectivity index is 2.11. The Morgan fingerprint density at radius 2 is 2.16 bits per heavy atom. The lowest BCUT2D eigenvalue weighted by Crippen LogP contribution is -2.39. The number of nitrogens with two attached hydrogens (primary N) is 1. The summed E-state index contributed by atoms with van der Waals surface area (Å²) in [5, 5.41) is 0. The molecule has 0 bridgehead atoms. The number of piperidine rings is 1. The van der Waals surface area contributed by atoms with E-state index in [-0.39, 0.29) is 0 Å².